The summed E-state index contributed by atoms with van der Waals surface area (Å²) >= 11 is 0. The Bertz CT molecular complexity index is 701. The van der Waals surface area contributed by atoms with E-state index in [-0.39, 0.29) is 10.8 Å². The second-order valence-electron chi connectivity index (χ2n) is 10.1. The van der Waals surface area contributed by atoms with E-state index in [1.54, 1.807) is 0 Å². The summed E-state index contributed by atoms with van der Waals surface area (Å²) in [5.41, 5.74) is 1.25. The highest BCUT2D eigenvalue weighted by atomic mass is 16.6. The number of aromatic nitrogens is 2. The molecule has 0 bridgehead atoms. The van der Waals surface area contributed by atoms with Crippen LogP contribution >= 0.6 is 0 Å². The van der Waals surface area contributed by atoms with Crippen LogP contribution in [0.3, 0.4) is 0 Å². The van der Waals surface area contributed by atoms with E-state index in [1.807, 2.05) is 6.92 Å². The molecule has 5 heteroatoms. The highest BCUT2D eigenvalue weighted by Crippen LogP contribution is 2.67. The molecule has 3 saturated carbocycles. The van der Waals surface area contributed by atoms with E-state index in [9.17, 15) is 10.2 Å². The Balaban J connectivity index is 1.51. The number of rotatable bonds is 0. The maximum atomic E-state index is 11.0. The number of hydrogen-bond donors (Lipinski definition) is 2. The molecule has 138 valence electrons. The van der Waals surface area contributed by atoms with Crippen molar-refractivity contribution in [1.29, 1.82) is 0 Å². The molecule has 0 radical (unpaired) electrons. The largest absolute Gasteiger partial charge is 0.390 e. The second-order valence-corrected chi connectivity index (χ2v) is 10.1. The molecule has 5 nitrogen and oxygen atoms in total. The van der Waals surface area contributed by atoms with Crippen molar-refractivity contribution in [3.8, 4) is 0 Å². The minimum Gasteiger partial charge on any atom is -0.390 e. The number of aliphatic hydroxyl groups excluding tert-OH is 1. The van der Waals surface area contributed by atoms with Crippen LogP contribution < -0.4 is 0 Å². The first-order valence-corrected chi connectivity index (χ1v) is 9.98. The van der Waals surface area contributed by atoms with Gasteiger partial charge in [-0.15, -0.1) is 0 Å². The molecular weight excluding hydrogens is 316 g/mol. The molecule has 4 aliphatic carbocycles. The zero-order valence-corrected chi connectivity index (χ0v) is 15.5. The van der Waals surface area contributed by atoms with Gasteiger partial charge in [-0.1, -0.05) is 24.2 Å². The molecule has 5 rings (SSSR count). The van der Waals surface area contributed by atoms with Crippen LogP contribution in [0.2, 0.25) is 0 Å². The van der Waals surface area contributed by atoms with Gasteiger partial charge >= 0.3 is 0 Å². The van der Waals surface area contributed by atoms with Crippen LogP contribution in [-0.4, -0.2) is 32.2 Å². The van der Waals surface area contributed by atoms with Crippen LogP contribution in [0.5, 0.6) is 0 Å². The lowest BCUT2D eigenvalue weighted by Gasteiger charge is -2.60. The van der Waals surface area contributed by atoms with Crippen LogP contribution in [0.4, 0.5) is 0 Å². The first-order valence-electron chi connectivity index (χ1n) is 9.98. The van der Waals surface area contributed by atoms with Gasteiger partial charge in [-0.2, -0.15) is 0 Å². The lowest BCUT2D eigenvalue weighted by atomic mass is 9.44. The first-order chi connectivity index (χ1) is 11.8. The molecule has 1 aromatic heterocycles. The van der Waals surface area contributed by atoms with Crippen molar-refractivity contribution in [2.45, 2.75) is 77.4 Å². The normalized spacial score (nSPS) is 54.4. The Labute approximate surface area is 149 Å². The van der Waals surface area contributed by atoms with E-state index in [0.717, 1.165) is 43.5 Å². The fourth-order valence-electron chi connectivity index (χ4n) is 7.49. The first kappa shape index (κ1) is 16.2. The molecule has 4 aliphatic rings. The van der Waals surface area contributed by atoms with E-state index < -0.39 is 11.7 Å². The van der Waals surface area contributed by atoms with Crippen LogP contribution in [-0.2, 0) is 12.8 Å². The summed E-state index contributed by atoms with van der Waals surface area (Å²) in [7, 11) is 0. The van der Waals surface area contributed by atoms with Crippen molar-refractivity contribution in [2.75, 3.05) is 0 Å². The van der Waals surface area contributed by atoms with E-state index in [0.29, 0.717) is 23.7 Å². The molecule has 8 atom stereocenters. The highest BCUT2D eigenvalue weighted by Gasteiger charge is 2.66. The van der Waals surface area contributed by atoms with E-state index in [4.69, 9.17) is 4.63 Å². The Hall–Kier alpha value is -0.940. The van der Waals surface area contributed by atoms with E-state index >= 15 is 0 Å². The number of nitrogens with zero attached hydrogens (tertiary/aromatic N) is 2. The SMILES string of the molecule is C[C@]12Cc3nonc3C[C@@H]1CC[C@@H]1[C@@H]2CC[C@@]2(C)[C@H]1CC(O)[C@]2(C)O. The van der Waals surface area contributed by atoms with Gasteiger partial charge in [-0.05, 0) is 74.5 Å². The van der Waals surface area contributed by atoms with Crippen LogP contribution in [0.1, 0.15) is 64.3 Å². The Morgan fingerprint density at radius 3 is 2.60 bits per heavy atom. The van der Waals surface area contributed by atoms with Crippen LogP contribution in [0.15, 0.2) is 4.63 Å². The third kappa shape index (κ3) is 1.86. The molecule has 2 N–H and O–H groups in total. The summed E-state index contributed by atoms with van der Waals surface area (Å²) in [6.45, 7) is 6.54. The zero-order valence-electron chi connectivity index (χ0n) is 15.5. The number of hydrogen-bond acceptors (Lipinski definition) is 5. The van der Waals surface area contributed by atoms with Crippen LogP contribution in [0, 0.1) is 34.5 Å². The molecule has 0 spiro atoms. The van der Waals surface area contributed by atoms with Gasteiger partial charge in [0.15, 0.2) is 0 Å². The third-order valence-corrected chi connectivity index (χ3v) is 9.36. The summed E-state index contributed by atoms with van der Waals surface area (Å²) < 4.78 is 5.02. The summed E-state index contributed by atoms with van der Waals surface area (Å²) in [5.74, 6) is 2.33. The van der Waals surface area contributed by atoms with Crippen molar-refractivity contribution in [1.82, 2.24) is 10.3 Å². The van der Waals surface area contributed by atoms with Gasteiger partial charge in [0.1, 0.15) is 11.4 Å². The van der Waals surface area contributed by atoms with Gasteiger partial charge in [0.05, 0.1) is 11.7 Å². The molecule has 0 aliphatic heterocycles. The predicted octanol–water partition coefficient (Wildman–Crippen LogP) is 2.75. The Morgan fingerprint density at radius 1 is 1.04 bits per heavy atom. The van der Waals surface area contributed by atoms with Crippen molar-refractivity contribution < 1.29 is 14.8 Å². The quantitative estimate of drug-likeness (QED) is 0.755. The van der Waals surface area contributed by atoms with E-state index in [2.05, 4.69) is 24.2 Å². The Kier molecular flexibility index (Phi) is 3.16. The smallest absolute Gasteiger partial charge is 0.108 e. The fourth-order valence-corrected chi connectivity index (χ4v) is 7.49. The van der Waals surface area contributed by atoms with Gasteiger partial charge in [-0.25, -0.2) is 4.63 Å². The molecule has 1 aromatic rings. The zero-order chi connectivity index (χ0) is 17.6. The minimum atomic E-state index is -0.962. The topological polar surface area (TPSA) is 79.4 Å². The average Bonchev–Trinajstić information content (AvgIpc) is 3.07. The highest BCUT2D eigenvalue weighted by molar-refractivity contribution is 5.22. The van der Waals surface area contributed by atoms with Gasteiger partial charge < -0.3 is 10.2 Å². The third-order valence-electron chi connectivity index (χ3n) is 9.36. The van der Waals surface area contributed by atoms with Gasteiger partial charge in [0.25, 0.3) is 0 Å². The van der Waals surface area contributed by atoms with Gasteiger partial charge in [0, 0.05) is 11.8 Å². The second kappa shape index (κ2) is 4.86. The van der Waals surface area contributed by atoms with Crippen LogP contribution in [0.25, 0.3) is 0 Å². The molecule has 3 fully saturated rings. The molecule has 0 saturated heterocycles. The number of fused-ring (bicyclic) bond motifs is 6. The summed E-state index contributed by atoms with van der Waals surface area (Å²) in [6.07, 6.45) is 6.72. The average molecular weight is 346 g/mol. The van der Waals surface area contributed by atoms with Gasteiger partial charge in [-0.3, -0.25) is 0 Å². The standard InChI is InChI=1S/C20H30N2O3/c1-18-10-16-15(21-25-22-16)8-11(18)4-5-12-13(18)6-7-19(2)14(12)9-17(23)20(19,3)24/h11-14,17,23-24H,4-10H2,1-3H3/t11-,12+,13-,14-,17?,18-,19-,20-/m0/s1. The predicted molar refractivity (Wildman–Crippen MR) is 91.6 cm³/mol. The monoisotopic (exact) mass is 346 g/mol. The van der Waals surface area contributed by atoms with Crippen molar-refractivity contribution in [3.63, 3.8) is 0 Å². The molecule has 0 amide bonds. The molecular formula is C20H30N2O3. The molecule has 1 unspecified atom stereocenters. The maximum Gasteiger partial charge on any atom is 0.108 e. The van der Waals surface area contributed by atoms with Crippen molar-refractivity contribution >= 4 is 0 Å². The summed E-state index contributed by atoms with van der Waals surface area (Å²) in [6, 6.07) is 0. The van der Waals surface area contributed by atoms with Crippen molar-refractivity contribution in [2.24, 2.45) is 34.5 Å². The lowest BCUT2D eigenvalue weighted by molar-refractivity contribution is -0.156. The summed E-state index contributed by atoms with van der Waals surface area (Å²) in [5, 5.41) is 29.9. The number of aliphatic hydroxyl groups is 2. The Morgan fingerprint density at radius 2 is 1.80 bits per heavy atom. The fraction of sp³-hybridized carbons (Fsp3) is 0.900. The summed E-state index contributed by atoms with van der Waals surface area (Å²) in [4.78, 5) is 0. The van der Waals surface area contributed by atoms with Gasteiger partial charge in [0.2, 0.25) is 0 Å². The molecule has 1 heterocycles. The maximum absolute atomic E-state index is 11.0. The van der Waals surface area contributed by atoms with E-state index in [1.165, 1.54) is 12.8 Å². The molecule has 25 heavy (non-hydrogen) atoms. The lowest BCUT2D eigenvalue weighted by Crippen LogP contribution is -2.57. The molecule has 0 aromatic carbocycles. The van der Waals surface area contributed by atoms with Crippen molar-refractivity contribution in [3.05, 3.63) is 11.4 Å². The minimum absolute atomic E-state index is 0.161.